The highest BCUT2D eigenvalue weighted by Crippen LogP contribution is 2.46. The van der Waals surface area contributed by atoms with Crippen LogP contribution in [-0.4, -0.2) is 35.3 Å². The Morgan fingerprint density at radius 3 is 2.75 bits per heavy atom. The molecule has 2 saturated carbocycles. The van der Waals surface area contributed by atoms with Crippen molar-refractivity contribution < 1.29 is 14.6 Å². The first-order chi connectivity index (χ1) is 11.5. The topological polar surface area (TPSA) is 49.8 Å². The second-order valence-electron chi connectivity index (χ2n) is 7.22. The molecule has 0 spiro atoms. The van der Waals surface area contributed by atoms with Gasteiger partial charge in [-0.2, -0.15) is 0 Å². The van der Waals surface area contributed by atoms with Crippen LogP contribution in [0.3, 0.4) is 0 Å². The van der Waals surface area contributed by atoms with E-state index < -0.39 is 12.2 Å². The minimum absolute atomic E-state index is 0.293. The lowest BCUT2D eigenvalue weighted by atomic mass is 9.94. The van der Waals surface area contributed by atoms with Crippen LogP contribution in [0.5, 0.6) is 0 Å². The average molecular weight is 329 g/mol. The van der Waals surface area contributed by atoms with Crippen molar-refractivity contribution in [1.82, 2.24) is 4.90 Å². The summed E-state index contributed by atoms with van der Waals surface area (Å²) in [6, 6.07) is 7.78. The van der Waals surface area contributed by atoms with Crippen molar-refractivity contribution in [3.8, 4) is 0 Å². The minimum atomic E-state index is -0.864. The van der Waals surface area contributed by atoms with Crippen molar-refractivity contribution in [2.75, 3.05) is 7.05 Å². The van der Waals surface area contributed by atoms with Crippen LogP contribution in [0.25, 0.3) is 6.08 Å². The molecule has 3 rings (SSSR count). The Kier molecular flexibility index (Phi) is 4.95. The molecule has 1 aromatic carbocycles. The summed E-state index contributed by atoms with van der Waals surface area (Å²) in [7, 11) is 1.82. The van der Waals surface area contributed by atoms with Gasteiger partial charge in [0.05, 0.1) is 0 Å². The molecule has 4 heteroatoms. The number of hydrogen-bond acceptors (Lipinski definition) is 3. The maximum atomic E-state index is 12.5. The smallest absolute Gasteiger partial charge is 0.410 e. The van der Waals surface area contributed by atoms with E-state index in [9.17, 15) is 9.90 Å². The fourth-order valence-electron chi connectivity index (χ4n) is 4.35. The van der Waals surface area contributed by atoms with Gasteiger partial charge in [-0.1, -0.05) is 43.3 Å². The molecule has 0 heterocycles. The van der Waals surface area contributed by atoms with E-state index in [1.54, 1.807) is 17.9 Å². The van der Waals surface area contributed by atoms with Gasteiger partial charge in [-0.3, -0.25) is 0 Å². The van der Waals surface area contributed by atoms with E-state index in [2.05, 4.69) is 6.58 Å². The lowest BCUT2D eigenvalue weighted by Crippen LogP contribution is -2.42. The Morgan fingerprint density at radius 2 is 2.12 bits per heavy atom. The second-order valence-corrected chi connectivity index (χ2v) is 7.22. The molecule has 0 aliphatic heterocycles. The molecule has 0 saturated heterocycles. The molecule has 130 valence electrons. The van der Waals surface area contributed by atoms with Crippen LogP contribution < -0.4 is 0 Å². The first kappa shape index (κ1) is 17.0. The van der Waals surface area contributed by atoms with Gasteiger partial charge in [0.2, 0.25) is 0 Å². The molecule has 2 fully saturated rings. The zero-order valence-corrected chi connectivity index (χ0v) is 14.5. The predicted molar refractivity (Wildman–Crippen MR) is 94.4 cm³/mol. The molecule has 24 heavy (non-hydrogen) atoms. The summed E-state index contributed by atoms with van der Waals surface area (Å²) in [5.41, 5.74) is 1.59. The number of ether oxygens (including phenoxy) is 1. The molecule has 2 aliphatic carbocycles. The Labute approximate surface area is 144 Å². The van der Waals surface area contributed by atoms with Crippen molar-refractivity contribution in [2.24, 2.45) is 11.8 Å². The summed E-state index contributed by atoms with van der Waals surface area (Å²) >= 11 is 0. The van der Waals surface area contributed by atoms with Crippen molar-refractivity contribution in [1.29, 1.82) is 0 Å². The van der Waals surface area contributed by atoms with Crippen molar-refractivity contribution in [2.45, 2.75) is 50.9 Å². The van der Waals surface area contributed by atoms with Gasteiger partial charge in [0, 0.05) is 13.1 Å². The van der Waals surface area contributed by atoms with E-state index >= 15 is 0 Å². The summed E-state index contributed by atoms with van der Waals surface area (Å²) in [5.74, 6) is 1.40. The van der Waals surface area contributed by atoms with E-state index in [1.807, 2.05) is 31.3 Å². The lowest BCUT2D eigenvalue weighted by molar-refractivity contribution is -0.00806. The maximum absolute atomic E-state index is 12.5. The first-order valence-corrected chi connectivity index (χ1v) is 8.84. The van der Waals surface area contributed by atoms with Gasteiger partial charge in [-0.15, -0.1) is 0 Å². The van der Waals surface area contributed by atoms with Gasteiger partial charge in [-0.05, 0) is 49.1 Å². The number of hydrogen-bond donors (Lipinski definition) is 1. The molecule has 1 N–H and O–H groups in total. The summed E-state index contributed by atoms with van der Waals surface area (Å²) in [6.07, 6.45) is 4.75. The summed E-state index contributed by atoms with van der Waals surface area (Å²) in [6.45, 7) is 5.50. The van der Waals surface area contributed by atoms with Crippen LogP contribution in [0, 0.1) is 11.8 Å². The van der Waals surface area contributed by atoms with Gasteiger partial charge in [0.15, 0.2) is 0 Å². The molecule has 2 aliphatic rings. The van der Waals surface area contributed by atoms with E-state index in [-0.39, 0.29) is 6.09 Å². The number of fused-ring (bicyclic) bond motifs is 2. The summed E-state index contributed by atoms with van der Waals surface area (Å²) in [5, 5.41) is 10.6. The minimum Gasteiger partial charge on any atom is -0.443 e. The van der Waals surface area contributed by atoms with E-state index in [0.29, 0.717) is 12.0 Å². The van der Waals surface area contributed by atoms with Crippen LogP contribution in [0.15, 0.2) is 30.8 Å². The van der Waals surface area contributed by atoms with Gasteiger partial charge in [0.1, 0.15) is 12.2 Å². The number of aliphatic hydroxyl groups excluding tert-OH is 1. The van der Waals surface area contributed by atoms with Crippen molar-refractivity contribution in [3.05, 3.63) is 42.0 Å². The van der Waals surface area contributed by atoms with Gasteiger partial charge >= 0.3 is 6.09 Å². The number of aliphatic hydroxyl groups is 1. The van der Waals surface area contributed by atoms with Crippen LogP contribution in [0.2, 0.25) is 0 Å². The summed E-state index contributed by atoms with van der Waals surface area (Å²) < 4.78 is 5.55. The number of benzene rings is 1. The van der Waals surface area contributed by atoms with E-state index in [1.165, 1.54) is 19.3 Å². The van der Waals surface area contributed by atoms with Crippen molar-refractivity contribution in [3.63, 3.8) is 0 Å². The standard InChI is InChI=1S/C20H27NO3/c1-4-15-7-5-6-8-17(15)19(22)13(2)24-20(23)21(3)18-12-14-9-10-16(18)11-14/h4-8,13-14,16,18-19,22H,1,9-12H2,2-3H3/t13-,14?,16?,18?,19+/m0/s1. The van der Waals surface area contributed by atoms with Crippen LogP contribution in [-0.2, 0) is 4.74 Å². The first-order valence-electron chi connectivity index (χ1n) is 8.84. The molecule has 1 amide bonds. The molecular weight excluding hydrogens is 302 g/mol. The fraction of sp³-hybridized carbons (Fsp3) is 0.550. The highest BCUT2D eigenvalue weighted by Gasteiger charge is 2.43. The Hall–Kier alpha value is -1.81. The highest BCUT2D eigenvalue weighted by molar-refractivity contribution is 5.68. The van der Waals surface area contributed by atoms with Crippen LogP contribution >= 0.6 is 0 Å². The summed E-state index contributed by atoms with van der Waals surface area (Å²) in [4.78, 5) is 14.2. The number of amides is 1. The number of rotatable bonds is 5. The Bertz CT molecular complexity index is 615. The monoisotopic (exact) mass is 329 g/mol. The number of carbonyl (C=O) groups excluding carboxylic acids is 1. The quantitative estimate of drug-likeness (QED) is 0.888. The zero-order chi connectivity index (χ0) is 17.3. The van der Waals surface area contributed by atoms with E-state index in [4.69, 9.17) is 4.74 Å². The molecule has 0 radical (unpaired) electrons. The lowest BCUT2D eigenvalue weighted by Gasteiger charge is -2.32. The molecule has 0 aromatic heterocycles. The molecule has 3 unspecified atom stereocenters. The van der Waals surface area contributed by atoms with Crippen molar-refractivity contribution >= 4 is 12.2 Å². The molecular formula is C20H27NO3. The van der Waals surface area contributed by atoms with Crippen LogP contribution in [0.4, 0.5) is 4.79 Å². The second kappa shape index (κ2) is 6.98. The average Bonchev–Trinajstić information content (AvgIpc) is 3.23. The third kappa shape index (κ3) is 3.20. The zero-order valence-electron chi connectivity index (χ0n) is 14.5. The predicted octanol–water partition coefficient (Wildman–Crippen LogP) is 4.01. The third-order valence-corrected chi connectivity index (χ3v) is 5.75. The Morgan fingerprint density at radius 1 is 1.38 bits per heavy atom. The Balaban J connectivity index is 1.62. The van der Waals surface area contributed by atoms with Gasteiger partial charge in [-0.25, -0.2) is 4.79 Å². The van der Waals surface area contributed by atoms with Gasteiger partial charge in [0.25, 0.3) is 0 Å². The normalized spacial score (nSPS) is 27.5. The van der Waals surface area contributed by atoms with E-state index in [0.717, 1.165) is 23.5 Å². The maximum Gasteiger partial charge on any atom is 0.410 e. The molecule has 4 nitrogen and oxygen atoms in total. The van der Waals surface area contributed by atoms with Crippen LogP contribution in [0.1, 0.15) is 49.8 Å². The number of carbonyl (C=O) groups is 1. The molecule has 5 atom stereocenters. The van der Waals surface area contributed by atoms with Gasteiger partial charge < -0.3 is 14.7 Å². The number of nitrogens with zero attached hydrogens (tertiary/aromatic N) is 1. The highest BCUT2D eigenvalue weighted by atomic mass is 16.6. The molecule has 1 aromatic rings. The molecule has 2 bridgehead atoms. The third-order valence-electron chi connectivity index (χ3n) is 5.75. The SMILES string of the molecule is C=Cc1ccccc1[C@H](O)[C@H](C)OC(=O)N(C)C1CC2CCC1C2. The largest absolute Gasteiger partial charge is 0.443 e. The fourth-order valence-corrected chi connectivity index (χ4v) is 4.35.